The minimum atomic E-state index is -0.399. The fourth-order valence-corrected chi connectivity index (χ4v) is 3.33. The van der Waals surface area contributed by atoms with Crippen molar-refractivity contribution in [2.24, 2.45) is 0 Å². The minimum absolute atomic E-state index is 0.0925. The smallest absolute Gasteiger partial charge is 0.266 e. The Morgan fingerprint density at radius 2 is 2.03 bits per heavy atom. The van der Waals surface area contributed by atoms with E-state index < -0.39 is 5.56 Å². The first-order chi connectivity index (χ1) is 13.8. The summed E-state index contributed by atoms with van der Waals surface area (Å²) in [5.74, 6) is 0.506. The Labute approximate surface area is 168 Å². The number of amides is 1. The van der Waals surface area contributed by atoms with Crippen LogP contribution in [-0.2, 0) is 11.2 Å². The number of nitriles is 1. The molecule has 0 saturated heterocycles. The molecule has 0 aromatic carbocycles. The normalized spacial score (nSPS) is 10.6. The van der Waals surface area contributed by atoms with Gasteiger partial charge in [0, 0.05) is 17.8 Å². The number of nitrogens with one attached hydrogen (secondary N) is 2. The number of pyridine rings is 2. The van der Waals surface area contributed by atoms with E-state index in [1.165, 1.54) is 0 Å². The van der Waals surface area contributed by atoms with Crippen LogP contribution in [0, 0.1) is 39.0 Å². The third-order valence-corrected chi connectivity index (χ3v) is 4.78. The number of H-pyrrole nitrogens is 1. The summed E-state index contributed by atoms with van der Waals surface area (Å²) in [7, 11) is 0. The van der Waals surface area contributed by atoms with E-state index in [4.69, 9.17) is 5.26 Å². The molecule has 2 N–H and O–H groups in total. The van der Waals surface area contributed by atoms with Gasteiger partial charge in [-0.15, -0.1) is 0 Å². The van der Waals surface area contributed by atoms with Crippen molar-refractivity contribution in [1.29, 1.82) is 5.26 Å². The van der Waals surface area contributed by atoms with Gasteiger partial charge in [0.15, 0.2) is 5.82 Å². The Bertz CT molecular complexity index is 1170. The van der Waals surface area contributed by atoms with Gasteiger partial charge in [-0.05, 0) is 63.4 Å². The van der Waals surface area contributed by atoms with Crippen molar-refractivity contribution in [2.45, 2.75) is 40.5 Å². The van der Waals surface area contributed by atoms with Crippen LogP contribution >= 0.6 is 0 Å². The van der Waals surface area contributed by atoms with Gasteiger partial charge in [-0.2, -0.15) is 10.4 Å². The molecule has 8 nitrogen and oxygen atoms in total. The van der Waals surface area contributed by atoms with Crippen LogP contribution in [0.5, 0.6) is 0 Å². The van der Waals surface area contributed by atoms with E-state index in [1.54, 1.807) is 36.9 Å². The molecule has 0 aliphatic heterocycles. The van der Waals surface area contributed by atoms with Crippen LogP contribution in [-0.4, -0.2) is 25.7 Å². The first-order valence-electron chi connectivity index (χ1n) is 9.22. The lowest BCUT2D eigenvalue weighted by molar-refractivity contribution is -0.116. The van der Waals surface area contributed by atoms with Crippen LogP contribution in [0.15, 0.2) is 29.2 Å². The maximum Gasteiger partial charge on any atom is 0.266 e. The second-order valence-electron chi connectivity index (χ2n) is 6.96. The van der Waals surface area contributed by atoms with Gasteiger partial charge in [-0.1, -0.05) is 0 Å². The van der Waals surface area contributed by atoms with Crippen molar-refractivity contribution in [2.75, 3.05) is 5.32 Å². The Balaban J connectivity index is 1.67. The molecule has 0 spiro atoms. The summed E-state index contributed by atoms with van der Waals surface area (Å²) in [5, 5.41) is 16.4. The average Bonchev–Trinajstić information content (AvgIpc) is 3.00. The number of carbonyl (C=O) groups excluding carboxylic acids is 1. The zero-order valence-electron chi connectivity index (χ0n) is 16.8. The topological polar surface area (TPSA) is 116 Å². The first kappa shape index (κ1) is 20.0. The molecule has 3 heterocycles. The molecule has 0 fully saturated rings. The SMILES string of the molecule is Cc1cc(C)n(-c2ccc(NC(=O)CCc3c(C)[nH]c(=O)c(C#N)c3C)cn2)n1. The first-order valence-corrected chi connectivity index (χ1v) is 9.22. The molecule has 3 rings (SSSR count). The van der Waals surface area contributed by atoms with E-state index in [9.17, 15) is 9.59 Å². The summed E-state index contributed by atoms with van der Waals surface area (Å²) >= 11 is 0. The van der Waals surface area contributed by atoms with E-state index in [0.717, 1.165) is 17.0 Å². The van der Waals surface area contributed by atoms with Crippen molar-refractivity contribution in [1.82, 2.24) is 19.7 Å². The van der Waals surface area contributed by atoms with Gasteiger partial charge >= 0.3 is 0 Å². The fourth-order valence-electron chi connectivity index (χ4n) is 3.33. The van der Waals surface area contributed by atoms with E-state index in [0.29, 0.717) is 29.2 Å². The molecule has 148 valence electrons. The number of hydrogen-bond donors (Lipinski definition) is 2. The zero-order valence-corrected chi connectivity index (χ0v) is 16.8. The summed E-state index contributed by atoms with van der Waals surface area (Å²) in [4.78, 5) is 31.2. The molecular formula is C21H22N6O2. The van der Waals surface area contributed by atoms with E-state index in [1.807, 2.05) is 26.0 Å². The Kier molecular flexibility index (Phi) is 5.59. The van der Waals surface area contributed by atoms with E-state index in [-0.39, 0.29) is 17.9 Å². The van der Waals surface area contributed by atoms with Crippen LogP contribution in [0.2, 0.25) is 0 Å². The maximum absolute atomic E-state index is 12.3. The number of aromatic nitrogens is 4. The quantitative estimate of drug-likeness (QED) is 0.695. The van der Waals surface area contributed by atoms with Gasteiger partial charge in [0.05, 0.1) is 17.6 Å². The van der Waals surface area contributed by atoms with Gasteiger partial charge in [-0.3, -0.25) is 9.59 Å². The van der Waals surface area contributed by atoms with Crippen molar-refractivity contribution >= 4 is 11.6 Å². The molecule has 0 aliphatic rings. The molecule has 0 bridgehead atoms. The molecule has 8 heteroatoms. The third kappa shape index (κ3) is 4.24. The number of aryl methyl sites for hydroxylation is 3. The van der Waals surface area contributed by atoms with Gasteiger partial charge in [-0.25, -0.2) is 9.67 Å². The summed E-state index contributed by atoms with van der Waals surface area (Å²) in [5.41, 5.74) is 4.29. The fraction of sp³-hybridized carbons (Fsp3) is 0.286. The predicted octanol–water partition coefficient (Wildman–Crippen LogP) is 2.63. The average molecular weight is 390 g/mol. The number of nitrogens with zero attached hydrogens (tertiary/aromatic N) is 4. The Morgan fingerprint density at radius 1 is 1.28 bits per heavy atom. The van der Waals surface area contributed by atoms with Crippen molar-refractivity contribution in [3.05, 3.63) is 68.5 Å². The number of rotatable bonds is 5. The second kappa shape index (κ2) is 8.10. The van der Waals surface area contributed by atoms with Gasteiger partial charge < -0.3 is 10.3 Å². The molecule has 1 amide bonds. The highest BCUT2D eigenvalue weighted by Gasteiger charge is 2.14. The van der Waals surface area contributed by atoms with Crippen LogP contribution < -0.4 is 10.9 Å². The van der Waals surface area contributed by atoms with Crippen LogP contribution in [0.1, 0.15) is 40.2 Å². The summed E-state index contributed by atoms with van der Waals surface area (Å²) in [6.45, 7) is 7.37. The molecule has 0 radical (unpaired) electrons. The molecule has 0 unspecified atom stereocenters. The Morgan fingerprint density at radius 3 is 2.62 bits per heavy atom. The minimum Gasteiger partial charge on any atom is -0.325 e. The monoisotopic (exact) mass is 390 g/mol. The van der Waals surface area contributed by atoms with Crippen molar-refractivity contribution in [3.8, 4) is 11.9 Å². The number of hydrogen-bond acceptors (Lipinski definition) is 5. The van der Waals surface area contributed by atoms with Crippen molar-refractivity contribution < 1.29 is 4.79 Å². The molecule has 0 saturated carbocycles. The number of carbonyl (C=O) groups is 1. The Hall–Kier alpha value is -3.73. The summed E-state index contributed by atoms with van der Waals surface area (Å²) < 4.78 is 1.75. The van der Waals surface area contributed by atoms with Crippen molar-refractivity contribution in [3.63, 3.8) is 0 Å². The lowest BCUT2D eigenvalue weighted by Crippen LogP contribution is -2.18. The van der Waals surface area contributed by atoms with Crippen LogP contribution in [0.4, 0.5) is 5.69 Å². The highest BCUT2D eigenvalue weighted by molar-refractivity contribution is 5.90. The van der Waals surface area contributed by atoms with Gasteiger partial charge in [0.1, 0.15) is 11.6 Å². The van der Waals surface area contributed by atoms with Crippen LogP contribution in [0.3, 0.4) is 0 Å². The van der Waals surface area contributed by atoms with E-state index in [2.05, 4.69) is 20.4 Å². The molecule has 0 aliphatic carbocycles. The largest absolute Gasteiger partial charge is 0.325 e. The lowest BCUT2D eigenvalue weighted by atomic mass is 9.99. The highest BCUT2D eigenvalue weighted by Crippen LogP contribution is 2.16. The standard InChI is InChI=1S/C21H22N6O2/c1-12-9-13(2)27(26-12)19-7-5-16(11-23-19)25-20(28)8-6-17-14(3)18(10-22)21(29)24-15(17)4/h5,7,9,11H,6,8H2,1-4H3,(H,24,29)(H,25,28). The lowest BCUT2D eigenvalue weighted by Gasteiger charge is -2.11. The molecule has 3 aromatic rings. The van der Waals surface area contributed by atoms with Gasteiger partial charge in [0.25, 0.3) is 5.56 Å². The maximum atomic E-state index is 12.3. The second-order valence-corrected chi connectivity index (χ2v) is 6.96. The molecule has 29 heavy (non-hydrogen) atoms. The third-order valence-electron chi connectivity index (χ3n) is 4.78. The molecule has 3 aromatic heterocycles. The summed E-state index contributed by atoms with van der Waals surface area (Å²) in [6, 6.07) is 7.47. The number of anilines is 1. The highest BCUT2D eigenvalue weighted by atomic mass is 16.1. The number of aromatic amines is 1. The van der Waals surface area contributed by atoms with E-state index >= 15 is 0 Å². The molecular weight excluding hydrogens is 368 g/mol. The van der Waals surface area contributed by atoms with Gasteiger partial charge in [0.2, 0.25) is 5.91 Å². The zero-order chi connectivity index (χ0) is 21.1. The summed E-state index contributed by atoms with van der Waals surface area (Å²) in [6.07, 6.45) is 2.23. The predicted molar refractivity (Wildman–Crippen MR) is 109 cm³/mol. The van der Waals surface area contributed by atoms with Crippen LogP contribution in [0.25, 0.3) is 5.82 Å². The molecule has 0 atom stereocenters.